The van der Waals surface area contributed by atoms with Crippen LogP contribution in [-0.4, -0.2) is 77.6 Å². The number of hydrogen-bond acceptors (Lipinski definition) is 7. The molecule has 0 saturated carbocycles. The maximum Gasteiger partial charge on any atom is 0.255 e. The first-order chi connectivity index (χ1) is 26.4. The van der Waals surface area contributed by atoms with Crippen LogP contribution in [0, 0.1) is 0 Å². The quantitative estimate of drug-likeness (QED) is 0.127. The molecule has 3 aliphatic heterocycles. The smallest absolute Gasteiger partial charge is 0.255 e. The molecule has 1 aliphatic carbocycles. The molecule has 4 aromatic carbocycles. The molecule has 2 saturated heterocycles. The van der Waals surface area contributed by atoms with Gasteiger partial charge in [0, 0.05) is 50.7 Å². The Kier molecular flexibility index (Phi) is 10.8. The van der Waals surface area contributed by atoms with Crippen LogP contribution < -0.4 is 10.1 Å². The summed E-state index contributed by atoms with van der Waals surface area (Å²) in [5.41, 5.74) is 7.92. The van der Waals surface area contributed by atoms with Gasteiger partial charge in [-0.25, -0.2) is 0 Å². The summed E-state index contributed by atoms with van der Waals surface area (Å²) < 4.78 is 12.5. The largest absolute Gasteiger partial charge is 0.508 e. The predicted molar refractivity (Wildman–Crippen MR) is 206 cm³/mol. The van der Waals surface area contributed by atoms with Crippen LogP contribution in [0.3, 0.4) is 0 Å². The zero-order chi connectivity index (χ0) is 37.0. The summed E-state index contributed by atoms with van der Waals surface area (Å²) in [6.45, 7) is 4.61. The van der Waals surface area contributed by atoms with Crippen LogP contribution in [-0.2, 0) is 33.7 Å². The highest BCUT2D eigenvalue weighted by Crippen LogP contribution is 2.47. The third kappa shape index (κ3) is 7.93. The van der Waals surface area contributed by atoms with Crippen LogP contribution in [0.25, 0.3) is 0 Å². The lowest BCUT2D eigenvalue weighted by atomic mass is 9.69. The number of ether oxygens (including phenoxy) is 2. The number of carbonyl (C=O) groups excluding carboxylic acids is 3. The van der Waals surface area contributed by atoms with E-state index in [1.807, 2.05) is 24.3 Å². The highest BCUT2D eigenvalue weighted by molar-refractivity contribution is 6.05. The summed E-state index contributed by atoms with van der Waals surface area (Å²) in [7, 11) is 0. The second-order valence-corrected chi connectivity index (χ2v) is 15.2. The predicted octanol–water partition coefficient (Wildman–Crippen LogP) is 6.51. The molecule has 9 nitrogen and oxygen atoms in total. The van der Waals surface area contributed by atoms with Crippen LogP contribution >= 0.6 is 0 Å². The number of nitrogens with one attached hydrogen (secondary N) is 1. The standard InChI is InChI=1S/C45H49N3O6/c49-35-12-17-39-33(28-35)11-16-38(31-6-2-1-3-7-31)43(39)32-9-13-36(14-10-32)54-26-24-47-22-20-37(21-23-47)53-25-4-5-30-8-15-40-34(27-30)29-48(45(40)52)41-18-19-42(50)46-44(41)51/h1-3,6-10,12-15,17,27-28,37-38,41,43,49H,4-5,11,16,18-26,29H2,(H,46,50,51)/t38-,41?,43+/m1/s1. The number of aryl methyl sites for hydroxylation is 2. The number of piperidine rings is 2. The minimum Gasteiger partial charge on any atom is -0.508 e. The maximum atomic E-state index is 13.0. The number of amides is 3. The van der Waals surface area contributed by atoms with E-state index >= 15 is 0 Å². The number of carbonyl (C=O) groups is 3. The van der Waals surface area contributed by atoms with E-state index in [0.717, 1.165) is 75.0 Å². The summed E-state index contributed by atoms with van der Waals surface area (Å²) >= 11 is 0. The average molecular weight is 728 g/mol. The first-order valence-corrected chi connectivity index (χ1v) is 19.6. The van der Waals surface area contributed by atoms with Gasteiger partial charge in [0.25, 0.3) is 5.91 Å². The van der Waals surface area contributed by atoms with Gasteiger partial charge in [-0.2, -0.15) is 0 Å². The highest BCUT2D eigenvalue weighted by Gasteiger charge is 2.39. The Balaban J connectivity index is 0.758. The molecule has 2 fully saturated rings. The Hall–Kier alpha value is -4.99. The van der Waals surface area contributed by atoms with Gasteiger partial charge in [0.2, 0.25) is 11.8 Å². The lowest BCUT2D eigenvalue weighted by molar-refractivity contribution is -0.136. The fourth-order valence-corrected chi connectivity index (χ4v) is 8.95. The van der Waals surface area contributed by atoms with Crippen molar-refractivity contribution in [3.8, 4) is 11.5 Å². The van der Waals surface area contributed by atoms with Gasteiger partial charge in [0.05, 0.1) is 6.10 Å². The molecule has 4 aliphatic rings. The average Bonchev–Trinajstić information content (AvgIpc) is 3.52. The second-order valence-electron chi connectivity index (χ2n) is 15.2. The van der Waals surface area contributed by atoms with Crippen LogP contribution in [0.5, 0.6) is 11.5 Å². The minimum atomic E-state index is -0.589. The number of likely N-dealkylation sites (tertiary alicyclic amines) is 1. The number of phenols is 1. The molecule has 280 valence electrons. The van der Waals surface area contributed by atoms with Gasteiger partial charge in [-0.3, -0.25) is 24.6 Å². The van der Waals surface area contributed by atoms with E-state index in [9.17, 15) is 19.5 Å². The highest BCUT2D eigenvalue weighted by atomic mass is 16.5. The molecule has 4 aromatic rings. The van der Waals surface area contributed by atoms with Crippen LogP contribution in [0.15, 0.2) is 91.0 Å². The van der Waals surface area contributed by atoms with Crippen molar-refractivity contribution in [2.45, 2.75) is 81.9 Å². The van der Waals surface area contributed by atoms with Crippen molar-refractivity contribution in [2.24, 2.45) is 0 Å². The summed E-state index contributed by atoms with van der Waals surface area (Å²) in [6, 6.07) is 30.6. The summed E-state index contributed by atoms with van der Waals surface area (Å²) in [5, 5.41) is 12.5. The molecule has 0 spiro atoms. The number of phenolic OH excluding ortho intramolecular Hbond substituents is 1. The molecule has 1 unspecified atom stereocenters. The van der Waals surface area contributed by atoms with Crippen molar-refractivity contribution in [3.05, 3.63) is 130 Å². The molecule has 2 N–H and O–H groups in total. The molecule has 3 heterocycles. The zero-order valence-electron chi connectivity index (χ0n) is 30.8. The Morgan fingerprint density at radius 2 is 1.59 bits per heavy atom. The van der Waals surface area contributed by atoms with Crippen LogP contribution in [0.1, 0.15) is 94.1 Å². The van der Waals surface area contributed by atoms with E-state index in [1.165, 1.54) is 22.3 Å². The fraction of sp³-hybridized carbons (Fsp3) is 0.400. The SMILES string of the molecule is O=C1CCC(N2Cc3cc(CCCOC4CCN(CCOc5ccc([C@@H]6c7ccc(O)cc7CC[C@@H]6c6ccccc6)cc5)CC4)ccc3C2=O)C(=O)N1. The van der Waals surface area contributed by atoms with Gasteiger partial charge < -0.3 is 19.5 Å². The van der Waals surface area contributed by atoms with Gasteiger partial charge in [-0.15, -0.1) is 0 Å². The topological polar surface area (TPSA) is 108 Å². The van der Waals surface area contributed by atoms with E-state index in [2.05, 4.69) is 76.9 Å². The zero-order valence-corrected chi connectivity index (χ0v) is 30.8. The molecule has 54 heavy (non-hydrogen) atoms. The molecule has 9 heteroatoms. The normalized spacial score (nSPS) is 21.8. The third-order valence-corrected chi connectivity index (χ3v) is 11.8. The monoisotopic (exact) mass is 727 g/mol. The Bertz CT molecular complexity index is 1970. The molecule has 0 aromatic heterocycles. The molecular formula is C45H49N3O6. The molecule has 3 atom stereocenters. The van der Waals surface area contributed by atoms with E-state index < -0.39 is 6.04 Å². The fourth-order valence-electron chi connectivity index (χ4n) is 8.95. The Labute approximate surface area is 317 Å². The molecule has 8 rings (SSSR count). The first kappa shape index (κ1) is 36.0. The number of rotatable bonds is 12. The van der Waals surface area contributed by atoms with E-state index in [4.69, 9.17) is 9.47 Å². The van der Waals surface area contributed by atoms with Crippen molar-refractivity contribution in [3.63, 3.8) is 0 Å². The van der Waals surface area contributed by atoms with Crippen LogP contribution in [0.4, 0.5) is 0 Å². The maximum absolute atomic E-state index is 13.0. The Morgan fingerprint density at radius 3 is 2.39 bits per heavy atom. The summed E-state index contributed by atoms with van der Waals surface area (Å²) in [5.74, 6) is 1.02. The first-order valence-electron chi connectivity index (χ1n) is 19.6. The minimum absolute atomic E-state index is 0.135. The number of fused-ring (bicyclic) bond motifs is 2. The lowest BCUT2D eigenvalue weighted by Crippen LogP contribution is -2.52. The van der Waals surface area contributed by atoms with Gasteiger partial charge >= 0.3 is 0 Å². The molecule has 0 bridgehead atoms. The van der Waals surface area contributed by atoms with E-state index in [1.54, 1.807) is 4.90 Å². The summed E-state index contributed by atoms with van der Waals surface area (Å²) in [6.07, 6.45) is 6.68. The van der Waals surface area contributed by atoms with Gasteiger partial charge in [-0.1, -0.05) is 60.7 Å². The van der Waals surface area contributed by atoms with Gasteiger partial charge in [0.1, 0.15) is 24.1 Å². The molecular weight excluding hydrogens is 679 g/mol. The number of hydrogen-bond donors (Lipinski definition) is 2. The number of nitrogens with zero attached hydrogens (tertiary/aromatic N) is 2. The molecule has 0 radical (unpaired) electrons. The van der Waals surface area contributed by atoms with Crippen molar-refractivity contribution >= 4 is 17.7 Å². The van der Waals surface area contributed by atoms with Crippen molar-refractivity contribution in [1.29, 1.82) is 0 Å². The van der Waals surface area contributed by atoms with Crippen molar-refractivity contribution in [2.75, 3.05) is 32.8 Å². The van der Waals surface area contributed by atoms with Gasteiger partial charge in [-0.05, 0) is 115 Å². The third-order valence-electron chi connectivity index (χ3n) is 11.8. The molecule has 3 amide bonds. The van der Waals surface area contributed by atoms with Crippen molar-refractivity contribution < 1.29 is 29.0 Å². The van der Waals surface area contributed by atoms with Crippen LogP contribution in [0.2, 0.25) is 0 Å². The van der Waals surface area contributed by atoms with E-state index in [0.29, 0.717) is 43.4 Å². The number of aromatic hydroxyl groups is 1. The number of benzene rings is 4. The number of imide groups is 1. The summed E-state index contributed by atoms with van der Waals surface area (Å²) in [4.78, 5) is 40.9. The van der Waals surface area contributed by atoms with Gasteiger partial charge in [0.15, 0.2) is 0 Å². The van der Waals surface area contributed by atoms with E-state index in [-0.39, 0.29) is 36.2 Å². The van der Waals surface area contributed by atoms with Crippen molar-refractivity contribution in [1.82, 2.24) is 15.1 Å². The second kappa shape index (κ2) is 16.2. The Morgan fingerprint density at radius 1 is 0.778 bits per heavy atom. The lowest BCUT2D eigenvalue weighted by Gasteiger charge is -2.35.